The molecule has 3 aliphatic heterocycles. The van der Waals surface area contributed by atoms with Crippen LogP contribution >= 0.6 is 11.3 Å². The first kappa shape index (κ1) is 15.8. The number of carbonyl (C=O) groups is 1. The number of nitrogens with zero attached hydrogens (tertiary/aromatic N) is 1. The van der Waals surface area contributed by atoms with Gasteiger partial charge in [-0.05, 0) is 61.2 Å². The van der Waals surface area contributed by atoms with Crippen molar-refractivity contribution in [3.63, 3.8) is 0 Å². The number of piperidine rings is 3. The average molecular weight is 342 g/mol. The first-order valence-electron chi connectivity index (χ1n) is 8.56. The molecule has 0 radical (unpaired) electrons. The molecular formula is C19H22N2O2S. The number of nitrogens with one attached hydrogen (secondary N) is 1. The molecule has 3 aliphatic rings. The SMILES string of the molecule is O=C(Nc1ccc(-c2cccc(CO)c2)s1)C1CN2CCC1CC2. The molecule has 2 bridgehead atoms. The summed E-state index contributed by atoms with van der Waals surface area (Å²) in [7, 11) is 0. The number of anilines is 1. The molecule has 5 heteroatoms. The van der Waals surface area contributed by atoms with Crippen LogP contribution in [-0.2, 0) is 11.4 Å². The maximum atomic E-state index is 12.6. The fourth-order valence-electron chi connectivity index (χ4n) is 3.86. The van der Waals surface area contributed by atoms with Crippen LogP contribution in [0, 0.1) is 11.8 Å². The zero-order valence-corrected chi connectivity index (χ0v) is 14.4. The second kappa shape index (κ2) is 6.67. The lowest BCUT2D eigenvalue weighted by Crippen LogP contribution is -2.51. The Morgan fingerprint density at radius 2 is 2.08 bits per heavy atom. The third-order valence-corrected chi connectivity index (χ3v) is 6.29. The molecule has 5 rings (SSSR count). The van der Waals surface area contributed by atoms with E-state index in [9.17, 15) is 9.90 Å². The molecular weight excluding hydrogens is 320 g/mol. The van der Waals surface area contributed by atoms with Crippen LogP contribution in [0.2, 0.25) is 0 Å². The molecule has 0 aliphatic carbocycles. The maximum Gasteiger partial charge on any atom is 0.229 e. The minimum absolute atomic E-state index is 0.0440. The molecule has 1 aromatic carbocycles. The van der Waals surface area contributed by atoms with E-state index < -0.39 is 0 Å². The molecule has 3 fully saturated rings. The van der Waals surface area contributed by atoms with Gasteiger partial charge in [-0.1, -0.05) is 18.2 Å². The zero-order chi connectivity index (χ0) is 16.5. The van der Waals surface area contributed by atoms with Crippen molar-refractivity contribution in [2.24, 2.45) is 11.8 Å². The average Bonchev–Trinajstić information content (AvgIpc) is 3.11. The predicted octanol–water partition coefficient (Wildman–Crippen LogP) is 3.19. The second-order valence-corrected chi connectivity index (χ2v) is 7.84. The Labute approximate surface area is 146 Å². The van der Waals surface area contributed by atoms with E-state index in [0.717, 1.165) is 53.5 Å². The number of fused-ring (bicyclic) bond motifs is 3. The molecule has 1 atom stereocenters. The van der Waals surface area contributed by atoms with E-state index in [4.69, 9.17) is 0 Å². The number of aliphatic hydroxyl groups excluding tert-OH is 1. The topological polar surface area (TPSA) is 52.6 Å². The van der Waals surface area contributed by atoms with Crippen molar-refractivity contribution in [3.8, 4) is 10.4 Å². The van der Waals surface area contributed by atoms with Gasteiger partial charge in [-0.15, -0.1) is 11.3 Å². The summed E-state index contributed by atoms with van der Waals surface area (Å²) < 4.78 is 0. The molecule has 0 saturated carbocycles. The molecule has 4 heterocycles. The van der Waals surface area contributed by atoms with Gasteiger partial charge in [-0.2, -0.15) is 0 Å². The first-order valence-corrected chi connectivity index (χ1v) is 9.38. The first-order chi connectivity index (χ1) is 11.7. The number of carbonyl (C=O) groups excluding carboxylic acids is 1. The van der Waals surface area contributed by atoms with Crippen LogP contribution in [0.3, 0.4) is 0 Å². The van der Waals surface area contributed by atoms with E-state index in [-0.39, 0.29) is 18.4 Å². The third-order valence-electron chi connectivity index (χ3n) is 5.24. The van der Waals surface area contributed by atoms with Crippen LogP contribution in [0.1, 0.15) is 18.4 Å². The Balaban J connectivity index is 1.46. The number of hydrogen-bond donors (Lipinski definition) is 2. The fourth-order valence-corrected chi connectivity index (χ4v) is 4.76. The Kier molecular flexibility index (Phi) is 4.39. The minimum Gasteiger partial charge on any atom is -0.392 e. The van der Waals surface area contributed by atoms with E-state index in [0.29, 0.717) is 5.92 Å². The predicted molar refractivity (Wildman–Crippen MR) is 97.0 cm³/mol. The van der Waals surface area contributed by atoms with E-state index >= 15 is 0 Å². The standard InChI is InChI=1S/C19H22N2O2S/c22-12-13-2-1-3-15(10-13)17-4-5-18(24-17)20-19(23)16-11-21-8-6-14(16)7-9-21/h1-5,10,14,16,22H,6-9,11-12H2,(H,20,23). The summed E-state index contributed by atoms with van der Waals surface area (Å²) in [6, 6.07) is 11.9. The summed E-state index contributed by atoms with van der Waals surface area (Å²) in [5.41, 5.74) is 1.98. The zero-order valence-electron chi connectivity index (χ0n) is 13.6. The summed E-state index contributed by atoms with van der Waals surface area (Å²) in [4.78, 5) is 16.2. The quantitative estimate of drug-likeness (QED) is 0.897. The molecule has 2 N–H and O–H groups in total. The van der Waals surface area contributed by atoms with Gasteiger partial charge in [0.1, 0.15) is 0 Å². The van der Waals surface area contributed by atoms with Crippen molar-refractivity contribution in [2.75, 3.05) is 25.0 Å². The molecule has 2 aromatic rings. The van der Waals surface area contributed by atoms with E-state index in [2.05, 4.69) is 10.2 Å². The molecule has 24 heavy (non-hydrogen) atoms. The highest BCUT2D eigenvalue weighted by atomic mass is 32.1. The van der Waals surface area contributed by atoms with Gasteiger partial charge < -0.3 is 15.3 Å². The highest BCUT2D eigenvalue weighted by Gasteiger charge is 2.38. The lowest BCUT2D eigenvalue weighted by atomic mass is 9.78. The fraction of sp³-hybridized carbons (Fsp3) is 0.421. The number of amides is 1. The highest BCUT2D eigenvalue weighted by molar-refractivity contribution is 7.19. The van der Waals surface area contributed by atoms with Gasteiger partial charge in [0.2, 0.25) is 5.91 Å². The number of hydrogen-bond acceptors (Lipinski definition) is 4. The van der Waals surface area contributed by atoms with Gasteiger partial charge in [0.05, 0.1) is 17.5 Å². The molecule has 126 valence electrons. The largest absolute Gasteiger partial charge is 0.392 e. The van der Waals surface area contributed by atoms with Gasteiger partial charge in [0, 0.05) is 11.4 Å². The van der Waals surface area contributed by atoms with Crippen molar-refractivity contribution >= 4 is 22.2 Å². The summed E-state index contributed by atoms with van der Waals surface area (Å²) >= 11 is 1.59. The van der Waals surface area contributed by atoms with Crippen molar-refractivity contribution in [1.82, 2.24) is 4.90 Å². The van der Waals surface area contributed by atoms with Crippen LogP contribution in [0.25, 0.3) is 10.4 Å². The minimum atomic E-state index is 0.0440. The molecule has 3 saturated heterocycles. The molecule has 1 unspecified atom stereocenters. The monoisotopic (exact) mass is 342 g/mol. The lowest BCUT2D eigenvalue weighted by Gasteiger charge is -2.43. The molecule has 1 aromatic heterocycles. The Hall–Kier alpha value is -1.69. The summed E-state index contributed by atoms with van der Waals surface area (Å²) in [6.07, 6.45) is 2.31. The Morgan fingerprint density at radius 3 is 2.79 bits per heavy atom. The number of rotatable bonds is 4. The van der Waals surface area contributed by atoms with Crippen LogP contribution in [0.15, 0.2) is 36.4 Å². The van der Waals surface area contributed by atoms with Crippen molar-refractivity contribution in [1.29, 1.82) is 0 Å². The second-order valence-electron chi connectivity index (χ2n) is 6.76. The number of aliphatic hydroxyl groups is 1. The maximum absolute atomic E-state index is 12.6. The number of benzene rings is 1. The summed E-state index contributed by atoms with van der Waals surface area (Å²) in [5, 5.41) is 13.3. The number of thiophene rings is 1. The van der Waals surface area contributed by atoms with Gasteiger partial charge in [-0.25, -0.2) is 0 Å². The van der Waals surface area contributed by atoms with Crippen LogP contribution < -0.4 is 5.32 Å². The highest BCUT2D eigenvalue weighted by Crippen LogP contribution is 2.35. The summed E-state index contributed by atoms with van der Waals surface area (Å²) in [6.45, 7) is 3.26. The summed E-state index contributed by atoms with van der Waals surface area (Å²) in [5.74, 6) is 0.855. The van der Waals surface area contributed by atoms with Gasteiger partial charge >= 0.3 is 0 Å². The van der Waals surface area contributed by atoms with Crippen molar-refractivity contribution in [2.45, 2.75) is 19.4 Å². The van der Waals surface area contributed by atoms with Gasteiger partial charge in [-0.3, -0.25) is 4.79 Å². The van der Waals surface area contributed by atoms with E-state index in [1.165, 1.54) is 0 Å². The molecule has 0 spiro atoms. The normalized spacial score (nSPS) is 25.6. The lowest BCUT2D eigenvalue weighted by molar-refractivity contribution is -0.125. The molecule has 1 amide bonds. The molecule has 4 nitrogen and oxygen atoms in total. The van der Waals surface area contributed by atoms with E-state index in [1.807, 2.05) is 36.4 Å². The van der Waals surface area contributed by atoms with E-state index in [1.54, 1.807) is 11.3 Å². The Morgan fingerprint density at radius 1 is 1.25 bits per heavy atom. The van der Waals surface area contributed by atoms with Crippen LogP contribution in [0.4, 0.5) is 5.00 Å². The van der Waals surface area contributed by atoms with Gasteiger partial charge in [0.15, 0.2) is 0 Å². The Bertz CT molecular complexity index is 734. The van der Waals surface area contributed by atoms with Crippen molar-refractivity contribution < 1.29 is 9.90 Å². The van der Waals surface area contributed by atoms with Crippen LogP contribution in [-0.4, -0.2) is 35.5 Å². The van der Waals surface area contributed by atoms with Crippen molar-refractivity contribution in [3.05, 3.63) is 42.0 Å². The third kappa shape index (κ3) is 3.11. The van der Waals surface area contributed by atoms with Gasteiger partial charge in [0.25, 0.3) is 0 Å². The smallest absolute Gasteiger partial charge is 0.229 e. The van der Waals surface area contributed by atoms with Crippen LogP contribution in [0.5, 0.6) is 0 Å².